The first kappa shape index (κ1) is 12.6. The zero-order valence-electron chi connectivity index (χ0n) is 10.9. The van der Waals surface area contributed by atoms with Crippen LogP contribution in [0.25, 0.3) is 0 Å². The topological polar surface area (TPSA) is 21.3 Å². The number of nitrogens with one attached hydrogen (secondary N) is 1. The van der Waals surface area contributed by atoms with Gasteiger partial charge in [-0.1, -0.05) is 24.3 Å². The van der Waals surface area contributed by atoms with Gasteiger partial charge in [-0.05, 0) is 42.7 Å². The van der Waals surface area contributed by atoms with E-state index in [2.05, 4.69) is 36.5 Å². The lowest BCUT2D eigenvalue weighted by molar-refractivity contribution is 0.198. The number of hydrogen-bond donors (Lipinski definition) is 1. The van der Waals surface area contributed by atoms with E-state index in [1.54, 1.807) is 7.11 Å². The van der Waals surface area contributed by atoms with Gasteiger partial charge in [-0.25, -0.2) is 0 Å². The molecule has 0 heterocycles. The lowest BCUT2D eigenvalue weighted by Gasteiger charge is -2.19. The van der Waals surface area contributed by atoms with Crippen molar-refractivity contribution in [3.8, 4) is 0 Å². The van der Waals surface area contributed by atoms with Crippen molar-refractivity contribution in [3.05, 3.63) is 35.4 Å². The van der Waals surface area contributed by atoms with E-state index in [4.69, 9.17) is 4.74 Å². The first-order chi connectivity index (χ1) is 8.33. The van der Waals surface area contributed by atoms with Crippen LogP contribution in [0, 0.1) is 12.8 Å². The van der Waals surface area contributed by atoms with E-state index in [0.29, 0.717) is 5.92 Å². The second kappa shape index (κ2) is 6.18. The summed E-state index contributed by atoms with van der Waals surface area (Å²) in [6, 6.07) is 8.80. The van der Waals surface area contributed by atoms with Gasteiger partial charge < -0.3 is 10.1 Å². The summed E-state index contributed by atoms with van der Waals surface area (Å²) in [5.41, 5.74) is 2.96. The van der Waals surface area contributed by atoms with Crippen molar-refractivity contribution < 1.29 is 4.74 Å². The second-order valence-corrected chi connectivity index (χ2v) is 5.00. The van der Waals surface area contributed by atoms with E-state index < -0.39 is 0 Å². The van der Waals surface area contributed by atoms with Gasteiger partial charge in [-0.2, -0.15) is 0 Å². The minimum absolute atomic E-state index is 0.688. The summed E-state index contributed by atoms with van der Waals surface area (Å²) in [6.45, 7) is 5.05. The third-order valence-corrected chi connectivity index (χ3v) is 3.63. The monoisotopic (exact) mass is 233 g/mol. The van der Waals surface area contributed by atoms with Crippen LogP contribution in [0.5, 0.6) is 0 Å². The zero-order valence-corrected chi connectivity index (χ0v) is 10.9. The van der Waals surface area contributed by atoms with Crippen LogP contribution in [0.4, 0.5) is 0 Å². The molecular formula is C15H23NO. The summed E-state index contributed by atoms with van der Waals surface area (Å²) in [5.74, 6) is 1.58. The van der Waals surface area contributed by atoms with Gasteiger partial charge in [0.15, 0.2) is 0 Å². The van der Waals surface area contributed by atoms with Crippen LogP contribution in [0.3, 0.4) is 0 Å². The Balaban J connectivity index is 1.95. The van der Waals surface area contributed by atoms with E-state index in [1.165, 1.54) is 24.0 Å². The highest BCUT2D eigenvalue weighted by atomic mass is 16.5. The molecule has 94 valence electrons. The molecular weight excluding hydrogens is 210 g/mol. The van der Waals surface area contributed by atoms with Crippen molar-refractivity contribution in [2.75, 3.05) is 26.8 Å². The number of aryl methyl sites for hydroxylation is 1. The Kier molecular flexibility index (Phi) is 4.57. The van der Waals surface area contributed by atoms with Crippen molar-refractivity contribution in [1.29, 1.82) is 0 Å². The molecule has 1 unspecified atom stereocenters. The van der Waals surface area contributed by atoms with E-state index >= 15 is 0 Å². The minimum atomic E-state index is 0.688. The van der Waals surface area contributed by atoms with Gasteiger partial charge in [-0.15, -0.1) is 0 Å². The molecule has 0 aromatic heterocycles. The fraction of sp³-hybridized carbons (Fsp3) is 0.600. The molecule has 0 aliphatic heterocycles. The number of ether oxygens (including phenoxy) is 1. The van der Waals surface area contributed by atoms with Crippen LogP contribution in [-0.2, 0) is 4.74 Å². The third kappa shape index (κ3) is 3.55. The van der Waals surface area contributed by atoms with Crippen LogP contribution in [-0.4, -0.2) is 26.8 Å². The Hall–Kier alpha value is -0.860. The molecule has 1 aliphatic rings. The lowest BCUT2D eigenvalue weighted by Crippen LogP contribution is -2.26. The first-order valence-electron chi connectivity index (χ1n) is 6.58. The molecule has 1 aromatic carbocycles. The van der Waals surface area contributed by atoms with Crippen molar-refractivity contribution >= 4 is 0 Å². The molecule has 1 fully saturated rings. The number of benzene rings is 1. The van der Waals surface area contributed by atoms with Gasteiger partial charge in [0.25, 0.3) is 0 Å². The van der Waals surface area contributed by atoms with Crippen LogP contribution in [0.2, 0.25) is 0 Å². The largest absolute Gasteiger partial charge is 0.383 e. The van der Waals surface area contributed by atoms with Crippen molar-refractivity contribution in [2.24, 2.45) is 5.92 Å². The van der Waals surface area contributed by atoms with Gasteiger partial charge in [0.1, 0.15) is 0 Å². The molecule has 0 radical (unpaired) electrons. The summed E-state index contributed by atoms with van der Waals surface area (Å²) in [7, 11) is 1.75. The predicted molar refractivity (Wildman–Crippen MR) is 71.4 cm³/mol. The van der Waals surface area contributed by atoms with Crippen LogP contribution >= 0.6 is 0 Å². The van der Waals surface area contributed by atoms with Gasteiger partial charge in [0.05, 0.1) is 6.61 Å². The summed E-state index contributed by atoms with van der Waals surface area (Å²) >= 11 is 0. The second-order valence-electron chi connectivity index (χ2n) is 5.00. The fourth-order valence-corrected chi connectivity index (χ4v) is 2.46. The molecule has 0 saturated heterocycles. The average molecular weight is 233 g/mol. The highest BCUT2D eigenvalue weighted by Crippen LogP contribution is 2.43. The quantitative estimate of drug-likeness (QED) is 0.731. The first-order valence-corrected chi connectivity index (χ1v) is 6.58. The van der Waals surface area contributed by atoms with Gasteiger partial charge in [-0.3, -0.25) is 0 Å². The normalized spacial score (nSPS) is 17.1. The smallest absolute Gasteiger partial charge is 0.0587 e. The van der Waals surface area contributed by atoms with Crippen molar-refractivity contribution in [1.82, 2.24) is 5.32 Å². The van der Waals surface area contributed by atoms with Crippen molar-refractivity contribution in [3.63, 3.8) is 0 Å². The van der Waals surface area contributed by atoms with E-state index in [9.17, 15) is 0 Å². The Bertz CT molecular complexity index is 347. The van der Waals surface area contributed by atoms with E-state index in [1.807, 2.05) is 0 Å². The van der Waals surface area contributed by atoms with E-state index in [0.717, 1.165) is 25.6 Å². The molecule has 1 aliphatic carbocycles. The van der Waals surface area contributed by atoms with Gasteiger partial charge in [0.2, 0.25) is 0 Å². The molecule has 17 heavy (non-hydrogen) atoms. The molecule has 1 aromatic rings. The Labute approximate surface area is 104 Å². The number of rotatable bonds is 7. The highest BCUT2D eigenvalue weighted by molar-refractivity contribution is 5.30. The number of methoxy groups -OCH3 is 1. The summed E-state index contributed by atoms with van der Waals surface area (Å²) in [4.78, 5) is 0. The molecule has 1 atom stereocenters. The summed E-state index contributed by atoms with van der Waals surface area (Å²) in [6.07, 6.45) is 2.79. The standard InChI is InChI=1S/C15H23NO/c1-12-5-3-4-6-14(12)15(13-7-8-13)11-16-9-10-17-2/h3-6,13,15-16H,7-11H2,1-2H3. The zero-order chi connectivity index (χ0) is 12.1. The molecule has 2 nitrogen and oxygen atoms in total. The summed E-state index contributed by atoms with van der Waals surface area (Å²) in [5, 5.41) is 3.51. The predicted octanol–water partition coefficient (Wildman–Crippen LogP) is 2.72. The van der Waals surface area contributed by atoms with Crippen LogP contribution in [0.1, 0.15) is 29.9 Å². The maximum atomic E-state index is 5.07. The minimum Gasteiger partial charge on any atom is -0.383 e. The average Bonchev–Trinajstić information content (AvgIpc) is 3.15. The molecule has 0 spiro atoms. The van der Waals surface area contributed by atoms with Gasteiger partial charge in [0, 0.05) is 20.2 Å². The summed E-state index contributed by atoms with van der Waals surface area (Å²) < 4.78 is 5.07. The molecule has 1 saturated carbocycles. The Morgan fingerprint density at radius 2 is 2.12 bits per heavy atom. The van der Waals surface area contributed by atoms with E-state index in [-0.39, 0.29) is 0 Å². The van der Waals surface area contributed by atoms with Crippen LogP contribution in [0.15, 0.2) is 24.3 Å². The van der Waals surface area contributed by atoms with Crippen molar-refractivity contribution in [2.45, 2.75) is 25.7 Å². The van der Waals surface area contributed by atoms with Crippen LogP contribution < -0.4 is 5.32 Å². The molecule has 0 bridgehead atoms. The lowest BCUT2D eigenvalue weighted by atomic mass is 9.90. The SMILES string of the molecule is COCCNCC(c1ccccc1C)C1CC1. The molecule has 0 amide bonds. The maximum absolute atomic E-state index is 5.07. The molecule has 2 rings (SSSR count). The third-order valence-electron chi connectivity index (χ3n) is 3.63. The fourth-order valence-electron chi connectivity index (χ4n) is 2.46. The Morgan fingerprint density at radius 1 is 1.35 bits per heavy atom. The molecule has 2 heteroatoms. The Morgan fingerprint density at radius 3 is 2.76 bits per heavy atom. The van der Waals surface area contributed by atoms with Gasteiger partial charge >= 0.3 is 0 Å². The maximum Gasteiger partial charge on any atom is 0.0587 e. The molecule has 1 N–H and O–H groups in total. The number of hydrogen-bond acceptors (Lipinski definition) is 2. The highest BCUT2D eigenvalue weighted by Gasteiger charge is 2.32.